The van der Waals surface area contributed by atoms with Gasteiger partial charge in [-0.2, -0.15) is 13.2 Å². The number of halogens is 3. The highest BCUT2D eigenvalue weighted by Crippen LogP contribution is 2.30. The predicted octanol–water partition coefficient (Wildman–Crippen LogP) is 4.74. The number of para-hydroxylation sites is 1. The van der Waals surface area contributed by atoms with Crippen LogP contribution in [0.2, 0.25) is 0 Å². The van der Waals surface area contributed by atoms with Crippen LogP contribution >= 0.6 is 0 Å². The number of amides is 2. The van der Waals surface area contributed by atoms with Crippen LogP contribution in [-0.2, 0) is 18.4 Å². The summed E-state index contributed by atoms with van der Waals surface area (Å²) in [6.45, 7) is 5.05. The van der Waals surface area contributed by atoms with Crippen LogP contribution in [-0.4, -0.2) is 56.1 Å². The highest BCUT2D eigenvalue weighted by Gasteiger charge is 2.41. The molecule has 0 unspecified atom stereocenters. The van der Waals surface area contributed by atoms with Gasteiger partial charge in [0.05, 0.1) is 16.7 Å². The second-order valence-electron chi connectivity index (χ2n) is 9.63. The van der Waals surface area contributed by atoms with Crippen molar-refractivity contribution in [2.75, 3.05) is 13.1 Å². The molecule has 1 fully saturated rings. The second kappa shape index (κ2) is 9.24. The molecular formula is C27H28F3N5O2. The standard InChI is InChI=1S/C27H28F3N5O2/c1-4-35-21-8-6-5-7-17(21)14-23(35)24-31-19-13-18(9-10-22(19)33(24)3)25(36)34-12-11-16(2)20(15-34)32-26(37)27(28,29)30/h5-10,13-14,16,20H,4,11-12,15H2,1-3H3,(H,32,37)/t16-,20+/m1/s1. The molecule has 1 aliphatic heterocycles. The molecular weight excluding hydrogens is 483 g/mol. The molecule has 2 aromatic carbocycles. The third-order valence-corrected chi connectivity index (χ3v) is 7.30. The average molecular weight is 512 g/mol. The average Bonchev–Trinajstić information content (AvgIpc) is 3.41. The van der Waals surface area contributed by atoms with Gasteiger partial charge in [-0.1, -0.05) is 25.1 Å². The molecule has 1 aliphatic rings. The maximum atomic E-state index is 13.3. The minimum atomic E-state index is -4.96. The van der Waals surface area contributed by atoms with Gasteiger partial charge in [-0.15, -0.1) is 0 Å². The number of aryl methyl sites for hydroxylation is 2. The number of nitrogens with zero attached hydrogens (tertiary/aromatic N) is 4. The fraction of sp³-hybridized carbons (Fsp3) is 0.370. The third kappa shape index (κ3) is 4.45. The molecule has 4 aromatic rings. The van der Waals surface area contributed by atoms with Crippen LogP contribution in [0.25, 0.3) is 33.5 Å². The molecule has 2 amide bonds. The molecule has 0 spiro atoms. The number of alkyl halides is 3. The van der Waals surface area contributed by atoms with Crippen molar-refractivity contribution in [3.05, 3.63) is 54.1 Å². The van der Waals surface area contributed by atoms with E-state index in [0.717, 1.165) is 34.5 Å². The van der Waals surface area contributed by atoms with Crippen LogP contribution in [0.5, 0.6) is 0 Å². The zero-order chi connectivity index (χ0) is 26.5. The zero-order valence-electron chi connectivity index (χ0n) is 20.8. The number of carbonyl (C=O) groups is 2. The molecule has 194 valence electrons. The van der Waals surface area contributed by atoms with E-state index in [9.17, 15) is 22.8 Å². The van der Waals surface area contributed by atoms with Gasteiger partial charge in [0.1, 0.15) is 0 Å². The first kappa shape index (κ1) is 24.9. The molecule has 0 saturated carbocycles. The van der Waals surface area contributed by atoms with E-state index in [4.69, 9.17) is 4.98 Å². The lowest BCUT2D eigenvalue weighted by atomic mass is 9.93. The number of carbonyl (C=O) groups excluding carboxylic acids is 2. The topological polar surface area (TPSA) is 72.2 Å². The fourth-order valence-corrected chi connectivity index (χ4v) is 5.17. The van der Waals surface area contributed by atoms with Crippen molar-refractivity contribution in [2.24, 2.45) is 13.0 Å². The van der Waals surface area contributed by atoms with E-state index in [1.54, 1.807) is 19.1 Å². The van der Waals surface area contributed by atoms with Gasteiger partial charge in [0, 0.05) is 49.2 Å². The van der Waals surface area contributed by atoms with Crippen molar-refractivity contribution in [2.45, 2.75) is 39.0 Å². The first-order chi connectivity index (χ1) is 17.6. The molecule has 0 aliphatic carbocycles. The van der Waals surface area contributed by atoms with E-state index in [2.05, 4.69) is 29.7 Å². The SMILES string of the molecule is CCn1c(-c2nc3cc(C(=O)N4CC[C@@H](C)[C@@H](NC(=O)C(F)(F)F)C4)ccc3n2C)cc2ccccc21. The summed E-state index contributed by atoms with van der Waals surface area (Å²) in [6, 6.07) is 14.8. The number of nitrogens with one attached hydrogen (secondary N) is 1. The van der Waals surface area contributed by atoms with E-state index < -0.39 is 18.1 Å². The minimum Gasteiger partial charge on any atom is -0.343 e. The Morgan fingerprint density at radius 2 is 1.86 bits per heavy atom. The first-order valence-corrected chi connectivity index (χ1v) is 12.3. The Hall–Kier alpha value is -3.82. The summed E-state index contributed by atoms with van der Waals surface area (Å²) in [5.74, 6) is -1.68. The number of imidazole rings is 1. The largest absolute Gasteiger partial charge is 0.471 e. The maximum absolute atomic E-state index is 13.3. The normalized spacial score (nSPS) is 18.5. The molecule has 1 N–H and O–H groups in total. The molecule has 7 nitrogen and oxygen atoms in total. The summed E-state index contributed by atoms with van der Waals surface area (Å²) in [5, 5.41) is 3.17. The lowest BCUT2D eigenvalue weighted by Crippen LogP contribution is -2.55. The van der Waals surface area contributed by atoms with Crippen LogP contribution in [0.1, 0.15) is 30.6 Å². The summed E-state index contributed by atoms with van der Waals surface area (Å²) in [4.78, 5) is 31.1. The number of aromatic nitrogens is 3. The Labute approximate surface area is 211 Å². The van der Waals surface area contributed by atoms with Crippen LogP contribution < -0.4 is 5.32 Å². The van der Waals surface area contributed by atoms with Gasteiger partial charge >= 0.3 is 12.1 Å². The Morgan fingerprint density at radius 1 is 1.11 bits per heavy atom. The number of hydrogen-bond donors (Lipinski definition) is 1. The van der Waals surface area contributed by atoms with E-state index in [1.165, 1.54) is 4.90 Å². The van der Waals surface area contributed by atoms with Crippen molar-refractivity contribution in [1.29, 1.82) is 0 Å². The minimum absolute atomic E-state index is 0.0178. The lowest BCUT2D eigenvalue weighted by Gasteiger charge is -2.37. The van der Waals surface area contributed by atoms with Gasteiger partial charge in [0.25, 0.3) is 5.91 Å². The predicted molar refractivity (Wildman–Crippen MR) is 135 cm³/mol. The van der Waals surface area contributed by atoms with Gasteiger partial charge in [0.2, 0.25) is 0 Å². The lowest BCUT2D eigenvalue weighted by molar-refractivity contribution is -0.175. The third-order valence-electron chi connectivity index (χ3n) is 7.30. The molecule has 5 rings (SSSR count). The molecule has 10 heteroatoms. The van der Waals surface area contributed by atoms with E-state index in [-0.39, 0.29) is 18.4 Å². The summed E-state index contributed by atoms with van der Waals surface area (Å²) < 4.78 is 42.5. The fourth-order valence-electron chi connectivity index (χ4n) is 5.17. The second-order valence-corrected chi connectivity index (χ2v) is 9.63. The van der Waals surface area contributed by atoms with Gasteiger partial charge in [-0.05, 0) is 49.6 Å². The van der Waals surface area contributed by atoms with Crippen molar-refractivity contribution < 1.29 is 22.8 Å². The van der Waals surface area contributed by atoms with E-state index >= 15 is 0 Å². The Balaban J connectivity index is 1.43. The molecule has 2 atom stereocenters. The number of hydrogen-bond acceptors (Lipinski definition) is 3. The molecule has 2 aromatic heterocycles. The smallest absolute Gasteiger partial charge is 0.343 e. The van der Waals surface area contributed by atoms with E-state index in [0.29, 0.717) is 24.0 Å². The van der Waals surface area contributed by atoms with Crippen LogP contribution in [0.3, 0.4) is 0 Å². The van der Waals surface area contributed by atoms with E-state index in [1.807, 2.05) is 35.1 Å². The highest BCUT2D eigenvalue weighted by molar-refractivity contribution is 5.98. The first-order valence-electron chi connectivity index (χ1n) is 12.3. The number of fused-ring (bicyclic) bond motifs is 2. The van der Waals surface area contributed by atoms with Crippen LogP contribution in [0.15, 0.2) is 48.5 Å². The number of likely N-dealkylation sites (tertiary alicyclic amines) is 1. The summed E-state index contributed by atoms with van der Waals surface area (Å²) in [5.41, 5.74) is 4.02. The Bertz CT molecular complexity index is 1500. The quantitative estimate of drug-likeness (QED) is 0.430. The maximum Gasteiger partial charge on any atom is 0.471 e. The zero-order valence-corrected chi connectivity index (χ0v) is 20.8. The van der Waals surface area contributed by atoms with Crippen LogP contribution in [0.4, 0.5) is 13.2 Å². The number of benzene rings is 2. The monoisotopic (exact) mass is 511 g/mol. The molecule has 0 bridgehead atoms. The Kier molecular flexibility index (Phi) is 6.21. The summed E-state index contributed by atoms with van der Waals surface area (Å²) >= 11 is 0. The van der Waals surface area contributed by atoms with Crippen molar-refractivity contribution >= 4 is 33.8 Å². The van der Waals surface area contributed by atoms with Gasteiger partial charge in [-0.25, -0.2) is 4.98 Å². The van der Waals surface area contributed by atoms with Crippen molar-refractivity contribution in [1.82, 2.24) is 24.3 Å². The number of piperidine rings is 1. The number of rotatable bonds is 4. The van der Waals surface area contributed by atoms with Gasteiger partial charge in [-0.3, -0.25) is 9.59 Å². The molecule has 1 saturated heterocycles. The highest BCUT2D eigenvalue weighted by atomic mass is 19.4. The van der Waals surface area contributed by atoms with Gasteiger partial charge < -0.3 is 19.4 Å². The van der Waals surface area contributed by atoms with Crippen molar-refractivity contribution in [3.8, 4) is 11.5 Å². The molecule has 3 heterocycles. The van der Waals surface area contributed by atoms with Crippen LogP contribution in [0, 0.1) is 5.92 Å². The summed E-state index contributed by atoms with van der Waals surface area (Å²) in [7, 11) is 1.93. The Morgan fingerprint density at radius 3 is 2.59 bits per heavy atom. The van der Waals surface area contributed by atoms with Gasteiger partial charge in [0.15, 0.2) is 5.82 Å². The molecule has 37 heavy (non-hydrogen) atoms. The van der Waals surface area contributed by atoms with Crippen molar-refractivity contribution in [3.63, 3.8) is 0 Å². The molecule has 0 radical (unpaired) electrons. The summed E-state index contributed by atoms with van der Waals surface area (Å²) in [6.07, 6.45) is -4.47.